The van der Waals surface area contributed by atoms with Crippen molar-refractivity contribution in [2.24, 2.45) is 0 Å². The molecule has 0 fully saturated rings. The molecular weight excluding hydrogens is 534 g/mol. The van der Waals surface area contributed by atoms with Crippen molar-refractivity contribution in [3.05, 3.63) is 93.5 Å². The van der Waals surface area contributed by atoms with E-state index in [1.807, 2.05) is 0 Å². The van der Waals surface area contributed by atoms with Crippen LogP contribution < -0.4 is 10.1 Å². The lowest BCUT2D eigenvalue weighted by Gasteiger charge is -2.35. The Morgan fingerprint density at radius 2 is 1.85 bits per heavy atom. The number of methoxy groups -OCH3 is 1. The van der Waals surface area contributed by atoms with Crippen molar-refractivity contribution in [1.29, 1.82) is 0 Å². The number of benzene rings is 3. The number of phenols is 1. The smallest absolute Gasteiger partial charge is 0.307 e. The third-order valence-corrected chi connectivity index (χ3v) is 6.41. The van der Waals surface area contributed by atoms with E-state index < -0.39 is 23.7 Å². The van der Waals surface area contributed by atoms with E-state index in [1.165, 1.54) is 19.2 Å². The minimum atomic E-state index is -0.491. The third-order valence-electron chi connectivity index (χ3n) is 6.41. The van der Waals surface area contributed by atoms with E-state index in [9.17, 15) is 24.8 Å². The van der Waals surface area contributed by atoms with Gasteiger partial charge in [-0.3, -0.25) is 19.7 Å². The molecule has 41 heavy (non-hydrogen) atoms. The summed E-state index contributed by atoms with van der Waals surface area (Å²) in [6, 6.07) is 17.5. The molecule has 0 bridgehead atoms. The third kappa shape index (κ3) is 8.40. The molecule has 218 valence electrons. The second-order valence-corrected chi connectivity index (χ2v) is 9.01. The van der Waals surface area contributed by atoms with E-state index in [0.29, 0.717) is 42.9 Å². The number of nitrogens with zero attached hydrogens (tertiary/aromatic N) is 2. The summed E-state index contributed by atoms with van der Waals surface area (Å²) in [5.41, 5.74) is 2.63. The molecule has 3 aromatic carbocycles. The highest BCUT2D eigenvalue weighted by Crippen LogP contribution is 2.32. The second-order valence-electron chi connectivity index (χ2n) is 9.01. The molecule has 1 amide bonds. The molecule has 12 heteroatoms. The maximum Gasteiger partial charge on any atom is 0.307 e. The van der Waals surface area contributed by atoms with Crippen molar-refractivity contribution in [3.8, 4) is 11.5 Å². The van der Waals surface area contributed by atoms with Crippen LogP contribution in [0, 0.1) is 10.1 Å². The summed E-state index contributed by atoms with van der Waals surface area (Å²) >= 11 is 0. The zero-order valence-corrected chi connectivity index (χ0v) is 22.6. The molecule has 12 nitrogen and oxygen atoms in total. The Morgan fingerprint density at radius 1 is 1.12 bits per heavy atom. The predicted molar refractivity (Wildman–Crippen MR) is 150 cm³/mol. The number of esters is 1. The Kier molecular flexibility index (Phi) is 11.4. The van der Waals surface area contributed by atoms with Crippen molar-refractivity contribution >= 4 is 23.3 Å². The Labute approximate surface area is 236 Å². The largest absolute Gasteiger partial charge is 0.508 e. The number of carbonyl (C=O) groups is 2. The fraction of sp³-hybridized carbons (Fsp3) is 0.310. The average molecular weight is 568 g/mol. The van der Waals surface area contributed by atoms with Gasteiger partial charge >= 0.3 is 5.97 Å². The van der Waals surface area contributed by atoms with Gasteiger partial charge in [0.05, 0.1) is 24.5 Å². The van der Waals surface area contributed by atoms with Gasteiger partial charge in [-0.25, -0.2) is 0 Å². The molecule has 1 aliphatic heterocycles. The number of amides is 1. The maximum absolute atomic E-state index is 13.0. The van der Waals surface area contributed by atoms with Crippen LogP contribution in [0.5, 0.6) is 11.5 Å². The molecule has 4 N–H and O–H groups in total. The number of fused-ring (bicyclic) bond motifs is 1. The number of aromatic hydroxyl groups is 1. The Balaban J connectivity index is 0.000000278. The molecular formula is C29H33N3O9. The minimum absolute atomic E-state index is 0.0237. The number of aliphatic hydroxyl groups is 2. The summed E-state index contributed by atoms with van der Waals surface area (Å²) in [6.07, 6.45) is 1.18. The lowest BCUT2D eigenvalue weighted by atomic mass is 9.94. The summed E-state index contributed by atoms with van der Waals surface area (Å²) in [5, 5.41) is 40.5. The van der Waals surface area contributed by atoms with Crippen molar-refractivity contribution in [1.82, 2.24) is 4.90 Å². The van der Waals surface area contributed by atoms with E-state index in [2.05, 4.69) is 5.32 Å². The van der Waals surface area contributed by atoms with Crippen LogP contribution >= 0.6 is 0 Å². The standard InChI is InChI=1S/C20H21NO6.C9H12N2O3/c1-26-19(24)11-18(13-2-5-16(6-3-13)27-12-22)21-9-8-14-10-15(23)4-7-17(14)20(21)25;12-7-3-6-10-8-4-1-2-5-9(8)11(13)14/h2-7,10,18,22-23H,8-9,11-12H2,1H3;1-2,4-5,10,12H,3,6-7H2. The van der Waals surface area contributed by atoms with Crippen LogP contribution in [0.3, 0.4) is 0 Å². The zero-order chi connectivity index (χ0) is 29.8. The number of ether oxygens (including phenoxy) is 2. The van der Waals surface area contributed by atoms with E-state index in [-0.39, 0.29) is 30.4 Å². The van der Waals surface area contributed by atoms with Gasteiger partial charge in [-0.1, -0.05) is 24.3 Å². The first-order valence-corrected chi connectivity index (χ1v) is 12.9. The number of carbonyl (C=O) groups excluding carboxylic acids is 2. The lowest BCUT2D eigenvalue weighted by Crippen LogP contribution is -2.41. The maximum atomic E-state index is 13.0. The molecule has 0 aliphatic carbocycles. The van der Waals surface area contributed by atoms with Gasteiger partial charge in [-0.15, -0.1) is 0 Å². The Hall–Kier alpha value is -4.68. The van der Waals surface area contributed by atoms with Crippen LogP contribution in [0.1, 0.15) is 40.4 Å². The summed E-state index contributed by atoms with van der Waals surface area (Å²) in [7, 11) is 1.31. The number of hydrogen-bond acceptors (Lipinski definition) is 10. The van der Waals surface area contributed by atoms with Crippen molar-refractivity contribution in [2.45, 2.75) is 25.3 Å². The monoisotopic (exact) mass is 567 g/mol. The molecule has 1 unspecified atom stereocenters. The lowest BCUT2D eigenvalue weighted by molar-refractivity contribution is -0.384. The van der Waals surface area contributed by atoms with Gasteiger partial charge in [0.25, 0.3) is 11.6 Å². The highest BCUT2D eigenvalue weighted by atomic mass is 16.6. The summed E-state index contributed by atoms with van der Waals surface area (Å²) in [6.45, 7) is 0.597. The molecule has 0 spiro atoms. The molecule has 1 heterocycles. The van der Waals surface area contributed by atoms with Crippen LogP contribution in [0.2, 0.25) is 0 Å². The van der Waals surface area contributed by atoms with Gasteiger partial charge in [0.15, 0.2) is 6.79 Å². The Morgan fingerprint density at radius 3 is 2.51 bits per heavy atom. The van der Waals surface area contributed by atoms with Crippen LogP contribution in [0.15, 0.2) is 66.7 Å². The highest BCUT2D eigenvalue weighted by Gasteiger charge is 2.32. The van der Waals surface area contributed by atoms with E-state index in [1.54, 1.807) is 59.5 Å². The fourth-order valence-electron chi connectivity index (χ4n) is 4.38. The van der Waals surface area contributed by atoms with Crippen LogP contribution in [-0.4, -0.2) is 70.6 Å². The van der Waals surface area contributed by atoms with Gasteiger partial charge < -0.3 is 35.0 Å². The summed E-state index contributed by atoms with van der Waals surface area (Å²) in [4.78, 5) is 36.8. The molecule has 4 rings (SSSR count). The number of aliphatic hydroxyl groups excluding tert-OH is 2. The zero-order valence-electron chi connectivity index (χ0n) is 22.6. The SMILES string of the molecule is COC(=O)CC(c1ccc(OCO)cc1)N1CCc2cc(O)ccc2C1=O.O=[N+]([O-])c1ccccc1NCCCO. The van der Waals surface area contributed by atoms with Gasteiger partial charge in [-0.05, 0) is 60.4 Å². The topological polar surface area (TPSA) is 172 Å². The van der Waals surface area contributed by atoms with Crippen LogP contribution in [0.4, 0.5) is 11.4 Å². The molecule has 0 saturated heterocycles. The van der Waals surface area contributed by atoms with E-state index in [4.69, 9.17) is 19.7 Å². The van der Waals surface area contributed by atoms with Gasteiger partial charge in [-0.2, -0.15) is 0 Å². The molecule has 1 aliphatic rings. The van der Waals surface area contributed by atoms with Crippen LogP contribution in [0.25, 0.3) is 0 Å². The summed E-state index contributed by atoms with van der Waals surface area (Å²) in [5.74, 6) is 0.00488. The number of rotatable bonds is 11. The first-order valence-electron chi connectivity index (χ1n) is 12.9. The minimum Gasteiger partial charge on any atom is -0.508 e. The average Bonchev–Trinajstić information content (AvgIpc) is 2.97. The number of anilines is 1. The number of phenolic OH excluding ortho intramolecular Hbond substituents is 1. The highest BCUT2D eigenvalue weighted by molar-refractivity contribution is 5.97. The molecule has 0 saturated carbocycles. The summed E-state index contributed by atoms with van der Waals surface area (Å²) < 4.78 is 9.83. The van der Waals surface area contributed by atoms with Crippen molar-refractivity contribution in [3.63, 3.8) is 0 Å². The first-order chi connectivity index (χ1) is 19.8. The van der Waals surface area contributed by atoms with Gasteiger partial charge in [0.1, 0.15) is 17.2 Å². The second kappa shape index (κ2) is 15.2. The quantitative estimate of drug-likeness (QED) is 0.0884. The number of nitro benzene ring substituents is 1. The van der Waals surface area contributed by atoms with E-state index in [0.717, 1.165) is 11.1 Å². The molecule has 3 aromatic rings. The number of nitro groups is 1. The Bertz CT molecular complexity index is 1330. The predicted octanol–water partition coefficient (Wildman–Crippen LogP) is 3.41. The first kappa shape index (κ1) is 30.9. The van der Waals surface area contributed by atoms with Gasteiger partial charge in [0.2, 0.25) is 0 Å². The molecule has 1 atom stereocenters. The fourth-order valence-corrected chi connectivity index (χ4v) is 4.38. The number of hydrogen-bond donors (Lipinski definition) is 4. The molecule has 0 aromatic heterocycles. The van der Waals surface area contributed by atoms with Crippen molar-refractivity contribution in [2.75, 3.05) is 38.9 Å². The van der Waals surface area contributed by atoms with E-state index >= 15 is 0 Å². The number of para-hydroxylation sites is 2. The van der Waals surface area contributed by atoms with Gasteiger partial charge in [0, 0.05) is 31.3 Å². The van der Waals surface area contributed by atoms with Crippen molar-refractivity contribution < 1.29 is 39.3 Å². The molecule has 0 radical (unpaired) electrons. The number of nitrogens with one attached hydrogen (secondary N) is 1. The normalized spacial score (nSPS) is 12.9. The van der Waals surface area contributed by atoms with Crippen LogP contribution in [-0.2, 0) is 16.0 Å².